The average Bonchev–Trinajstić information content (AvgIpc) is 2.49. The molecule has 3 rings (SSSR count). The van der Waals surface area contributed by atoms with Gasteiger partial charge < -0.3 is 4.90 Å². The second kappa shape index (κ2) is 6.01. The van der Waals surface area contributed by atoms with Crippen LogP contribution < -0.4 is 4.90 Å². The van der Waals surface area contributed by atoms with Crippen LogP contribution in [0.2, 0.25) is 5.15 Å². The number of hydrogen-bond donors (Lipinski definition) is 0. The zero-order chi connectivity index (χ0) is 13.9. The minimum absolute atomic E-state index is 0.670. The molecule has 0 spiro atoms. The van der Waals surface area contributed by atoms with Crippen LogP contribution in [-0.2, 0) is 6.42 Å². The quantitative estimate of drug-likeness (QED) is 0.752. The largest absolute Gasteiger partial charge is 0.370 e. The Morgan fingerprint density at radius 1 is 1.20 bits per heavy atom. The van der Waals surface area contributed by atoms with E-state index >= 15 is 0 Å². The van der Waals surface area contributed by atoms with Crippen LogP contribution in [0.4, 0.5) is 5.69 Å². The van der Waals surface area contributed by atoms with Gasteiger partial charge in [0.15, 0.2) is 0 Å². The summed E-state index contributed by atoms with van der Waals surface area (Å²) in [6.45, 7) is 4.44. The number of piperidine rings is 1. The Labute approximate surface area is 125 Å². The number of hydrogen-bond acceptors (Lipinski definition) is 2. The Balaban J connectivity index is 2.06. The van der Waals surface area contributed by atoms with E-state index in [1.807, 2.05) is 0 Å². The fourth-order valence-corrected chi connectivity index (χ4v) is 3.27. The molecule has 1 fully saturated rings. The Kier molecular flexibility index (Phi) is 4.11. The lowest BCUT2D eigenvalue weighted by molar-refractivity contribution is 0.579. The molecule has 0 amide bonds. The Bertz CT molecular complexity index is 603. The van der Waals surface area contributed by atoms with Crippen molar-refractivity contribution in [3.63, 3.8) is 0 Å². The lowest BCUT2D eigenvalue weighted by Gasteiger charge is -2.29. The average molecular weight is 289 g/mol. The van der Waals surface area contributed by atoms with Crippen LogP contribution in [-0.4, -0.2) is 18.1 Å². The van der Waals surface area contributed by atoms with E-state index in [1.54, 1.807) is 0 Å². The van der Waals surface area contributed by atoms with E-state index in [4.69, 9.17) is 16.6 Å². The number of nitrogens with zero attached hydrogens (tertiary/aromatic N) is 2. The molecule has 1 aromatic carbocycles. The third-order valence-corrected chi connectivity index (χ3v) is 4.39. The number of anilines is 1. The van der Waals surface area contributed by atoms with Crippen LogP contribution in [0, 0.1) is 0 Å². The van der Waals surface area contributed by atoms with E-state index in [2.05, 4.69) is 36.1 Å². The Morgan fingerprint density at radius 2 is 2.00 bits per heavy atom. The molecule has 0 bridgehead atoms. The fourth-order valence-electron chi connectivity index (χ4n) is 3.04. The van der Waals surface area contributed by atoms with Crippen molar-refractivity contribution in [3.05, 3.63) is 35.0 Å². The molecule has 2 nitrogen and oxygen atoms in total. The van der Waals surface area contributed by atoms with Crippen molar-refractivity contribution in [1.29, 1.82) is 0 Å². The Hall–Kier alpha value is -1.28. The van der Waals surface area contributed by atoms with Crippen LogP contribution in [0.1, 0.15) is 38.2 Å². The molecule has 0 aliphatic carbocycles. The van der Waals surface area contributed by atoms with Crippen molar-refractivity contribution in [3.8, 4) is 0 Å². The monoisotopic (exact) mass is 288 g/mol. The van der Waals surface area contributed by atoms with Crippen molar-refractivity contribution in [2.75, 3.05) is 18.0 Å². The fraction of sp³-hybridized carbons (Fsp3) is 0.471. The number of aromatic nitrogens is 1. The summed E-state index contributed by atoms with van der Waals surface area (Å²) in [6, 6.07) is 8.67. The van der Waals surface area contributed by atoms with Crippen molar-refractivity contribution >= 4 is 28.2 Å². The first kappa shape index (κ1) is 13.7. The summed E-state index contributed by atoms with van der Waals surface area (Å²) in [7, 11) is 0. The topological polar surface area (TPSA) is 16.1 Å². The molecule has 1 aliphatic rings. The van der Waals surface area contributed by atoms with Crippen molar-refractivity contribution < 1.29 is 0 Å². The number of aryl methyl sites for hydroxylation is 1. The molecule has 0 N–H and O–H groups in total. The highest BCUT2D eigenvalue weighted by Crippen LogP contribution is 2.30. The van der Waals surface area contributed by atoms with E-state index in [-0.39, 0.29) is 0 Å². The minimum Gasteiger partial charge on any atom is -0.370 e. The predicted molar refractivity (Wildman–Crippen MR) is 86.8 cm³/mol. The molecule has 1 aromatic heterocycles. The van der Waals surface area contributed by atoms with Crippen LogP contribution in [0.3, 0.4) is 0 Å². The highest BCUT2D eigenvalue weighted by atomic mass is 35.5. The first-order chi connectivity index (χ1) is 9.79. The van der Waals surface area contributed by atoms with E-state index in [9.17, 15) is 0 Å². The second-order valence-electron chi connectivity index (χ2n) is 5.58. The van der Waals surface area contributed by atoms with Gasteiger partial charge in [0, 0.05) is 18.5 Å². The molecule has 1 saturated heterocycles. The van der Waals surface area contributed by atoms with Gasteiger partial charge in [-0.05, 0) is 43.4 Å². The number of benzene rings is 1. The summed E-state index contributed by atoms with van der Waals surface area (Å²) in [5.41, 5.74) is 3.46. The van der Waals surface area contributed by atoms with Crippen LogP contribution in [0.5, 0.6) is 0 Å². The van der Waals surface area contributed by atoms with Crippen molar-refractivity contribution in [1.82, 2.24) is 4.98 Å². The van der Waals surface area contributed by atoms with Gasteiger partial charge in [-0.2, -0.15) is 0 Å². The molecule has 1 aliphatic heterocycles. The van der Waals surface area contributed by atoms with Gasteiger partial charge in [0.25, 0.3) is 0 Å². The number of pyridine rings is 1. The zero-order valence-corrected chi connectivity index (χ0v) is 12.8. The SMILES string of the molecule is CCCc1cc2cccc(N3CCCCC3)c2nc1Cl. The van der Waals surface area contributed by atoms with E-state index in [1.165, 1.54) is 30.3 Å². The summed E-state index contributed by atoms with van der Waals surface area (Å²) in [5.74, 6) is 0. The predicted octanol–water partition coefficient (Wildman–Crippen LogP) is 4.83. The minimum atomic E-state index is 0.670. The molecule has 20 heavy (non-hydrogen) atoms. The van der Waals surface area contributed by atoms with Gasteiger partial charge in [-0.25, -0.2) is 4.98 Å². The van der Waals surface area contributed by atoms with E-state index in [0.29, 0.717) is 5.15 Å². The number of fused-ring (bicyclic) bond motifs is 1. The molecular formula is C17H21ClN2. The Morgan fingerprint density at radius 3 is 2.75 bits per heavy atom. The number of rotatable bonds is 3. The molecule has 3 heteroatoms. The van der Waals surface area contributed by atoms with Crippen molar-refractivity contribution in [2.24, 2.45) is 0 Å². The third kappa shape index (κ3) is 2.62. The van der Waals surface area contributed by atoms with Crippen LogP contribution >= 0.6 is 11.6 Å². The highest BCUT2D eigenvalue weighted by Gasteiger charge is 2.15. The van der Waals surface area contributed by atoms with Crippen molar-refractivity contribution in [2.45, 2.75) is 39.0 Å². The summed E-state index contributed by atoms with van der Waals surface area (Å²) < 4.78 is 0. The zero-order valence-electron chi connectivity index (χ0n) is 12.0. The maximum Gasteiger partial charge on any atom is 0.133 e. The molecule has 0 radical (unpaired) electrons. The number of halogens is 1. The molecule has 0 saturated carbocycles. The molecule has 0 unspecified atom stereocenters. The standard InChI is InChI=1S/C17H21ClN2/c1-2-7-14-12-13-8-6-9-15(16(13)19-17(14)18)20-10-4-3-5-11-20/h6,8-9,12H,2-5,7,10-11H2,1H3. The van der Waals surface area contributed by atoms with Gasteiger partial charge in [-0.15, -0.1) is 0 Å². The summed E-state index contributed by atoms with van der Waals surface area (Å²) in [4.78, 5) is 7.15. The smallest absolute Gasteiger partial charge is 0.133 e. The number of para-hydroxylation sites is 1. The van der Waals surface area contributed by atoms with Gasteiger partial charge in [0.1, 0.15) is 5.15 Å². The summed E-state index contributed by atoms with van der Waals surface area (Å²) in [6.07, 6.45) is 5.99. The second-order valence-corrected chi connectivity index (χ2v) is 5.94. The summed E-state index contributed by atoms with van der Waals surface area (Å²) in [5, 5.41) is 1.88. The molecule has 2 heterocycles. The highest BCUT2D eigenvalue weighted by molar-refractivity contribution is 6.30. The molecular weight excluding hydrogens is 268 g/mol. The van der Waals surface area contributed by atoms with Gasteiger partial charge in [-0.3, -0.25) is 0 Å². The maximum absolute atomic E-state index is 6.36. The maximum atomic E-state index is 6.36. The van der Waals surface area contributed by atoms with Gasteiger partial charge in [0.05, 0.1) is 11.2 Å². The summed E-state index contributed by atoms with van der Waals surface area (Å²) >= 11 is 6.36. The normalized spacial score (nSPS) is 15.8. The van der Waals surface area contributed by atoms with Gasteiger partial charge >= 0.3 is 0 Å². The van der Waals surface area contributed by atoms with Gasteiger partial charge in [-0.1, -0.05) is 37.1 Å². The molecule has 2 aromatic rings. The third-order valence-electron chi connectivity index (χ3n) is 4.07. The molecule has 106 valence electrons. The lowest BCUT2D eigenvalue weighted by atomic mass is 10.1. The first-order valence-electron chi connectivity index (χ1n) is 7.62. The molecule has 0 atom stereocenters. The van der Waals surface area contributed by atoms with Gasteiger partial charge in [0.2, 0.25) is 0 Å². The van der Waals surface area contributed by atoms with E-state index < -0.39 is 0 Å². The van der Waals surface area contributed by atoms with Crippen LogP contribution in [0.15, 0.2) is 24.3 Å². The van der Waals surface area contributed by atoms with E-state index in [0.717, 1.165) is 37.0 Å². The lowest BCUT2D eigenvalue weighted by Crippen LogP contribution is -2.29. The first-order valence-corrected chi connectivity index (χ1v) is 8.00. The van der Waals surface area contributed by atoms with Crippen LogP contribution in [0.25, 0.3) is 10.9 Å².